The highest BCUT2D eigenvalue weighted by molar-refractivity contribution is 9.10. The zero-order chi connectivity index (χ0) is 11.4. The van der Waals surface area contributed by atoms with E-state index in [1.54, 1.807) is 6.19 Å². The van der Waals surface area contributed by atoms with Crippen LogP contribution < -0.4 is 5.32 Å². The molecule has 0 aromatic heterocycles. The molecule has 1 aliphatic rings. The third-order valence-electron chi connectivity index (χ3n) is 2.28. The molecule has 0 saturated carbocycles. The van der Waals surface area contributed by atoms with Crippen LogP contribution in [0.25, 0.3) is 0 Å². The third kappa shape index (κ3) is 2.47. The Bertz CT molecular complexity index is 470. The molecule has 1 atom stereocenters. The molecule has 0 amide bonds. The van der Waals surface area contributed by atoms with E-state index in [0.717, 1.165) is 4.47 Å². The van der Waals surface area contributed by atoms with E-state index >= 15 is 0 Å². The summed E-state index contributed by atoms with van der Waals surface area (Å²) in [6.07, 6.45) is 3.61. The standard InChI is InChI=1S/C11H9BrN4/c12-10-3-1-8(2-4-10)9-5-14-11(15-6-9)16-7-13/h1-5,9H,6H2,(H,15,16). The van der Waals surface area contributed by atoms with E-state index in [0.29, 0.717) is 12.5 Å². The lowest BCUT2D eigenvalue weighted by atomic mass is 10.0. The fraction of sp³-hybridized carbons (Fsp3) is 0.182. The molecule has 80 valence electrons. The average molecular weight is 277 g/mol. The first kappa shape index (κ1) is 10.8. The van der Waals surface area contributed by atoms with E-state index < -0.39 is 0 Å². The molecule has 5 heteroatoms. The lowest BCUT2D eigenvalue weighted by molar-refractivity contribution is 0.878. The summed E-state index contributed by atoms with van der Waals surface area (Å²) in [7, 11) is 0. The molecule has 16 heavy (non-hydrogen) atoms. The van der Waals surface area contributed by atoms with Crippen molar-refractivity contribution >= 4 is 28.1 Å². The number of nitriles is 1. The van der Waals surface area contributed by atoms with Gasteiger partial charge in [-0.05, 0) is 17.7 Å². The van der Waals surface area contributed by atoms with Gasteiger partial charge in [0, 0.05) is 16.6 Å². The molecule has 0 fully saturated rings. The largest absolute Gasteiger partial charge is 0.261 e. The summed E-state index contributed by atoms with van der Waals surface area (Å²) in [4.78, 5) is 8.25. The molecule has 1 N–H and O–H groups in total. The highest BCUT2D eigenvalue weighted by Gasteiger charge is 2.12. The van der Waals surface area contributed by atoms with Gasteiger partial charge >= 0.3 is 0 Å². The number of rotatable bonds is 1. The first-order chi connectivity index (χ1) is 7.79. The Morgan fingerprint density at radius 3 is 2.69 bits per heavy atom. The normalized spacial score (nSPS) is 18.8. The quantitative estimate of drug-likeness (QED) is 0.630. The Hall–Kier alpha value is -1.67. The minimum absolute atomic E-state index is 0.192. The Balaban J connectivity index is 2.08. The molecule has 4 nitrogen and oxygen atoms in total. The fourth-order valence-corrected chi connectivity index (χ4v) is 1.72. The van der Waals surface area contributed by atoms with Crippen LogP contribution in [0.1, 0.15) is 11.5 Å². The van der Waals surface area contributed by atoms with Gasteiger partial charge in [0.1, 0.15) is 0 Å². The third-order valence-corrected chi connectivity index (χ3v) is 2.81. The summed E-state index contributed by atoms with van der Waals surface area (Å²) >= 11 is 3.39. The number of halogens is 1. The number of hydrogen-bond donors (Lipinski definition) is 1. The van der Waals surface area contributed by atoms with Gasteiger partial charge in [0.05, 0.1) is 6.54 Å². The molecule has 1 aromatic rings. The van der Waals surface area contributed by atoms with E-state index in [-0.39, 0.29) is 5.92 Å². The van der Waals surface area contributed by atoms with E-state index in [1.165, 1.54) is 5.56 Å². The van der Waals surface area contributed by atoms with E-state index in [2.05, 4.69) is 31.2 Å². The molecule has 0 aliphatic carbocycles. The van der Waals surface area contributed by atoms with Crippen LogP contribution in [-0.2, 0) is 0 Å². The second-order valence-corrected chi connectivity index (χ2v) is 4.25. The highest BCUT2D eigenvalue weighted by Crippen LogP contribution is 2.19. The minimum atomic E-state index is 0.192. The molecule has 0 radical (unpaired) electrons. The summed E-state index contributed by atoms with van der Waals surface area (Å²) in [5.74, 6) is 0.577. The summed E-state index contributed by atoms with van der Waals surface area (Å²) < 4.78 is 1.05. The summed E-state index contributed by atoms with van der Waals surface area (Å²) in [6, 6.07) is 8.07. The molecular weight excluding hydrogens is 268 g/mol. The predicted molar refractivity (Wildman–Crippen MR) is 66.4 cm³/mol. The second kappa shape index (κ2) is 4.90. The van der Waals surface area contributed by atoms with E-state index in [1.807, 2.05) is 30.5 Å². The number of guanidine groups is 1. The molecule has 1 heterocycles. The van der Waals surface area contributed by atoms with Crippen LogP contribution in [0.2, 0.25) is 0 Å². The molecule has 2 rings (SSSR count). The van der Waals surface area contributed by atoms with Gasteiger partial charge in [-0.2, -0.15) is 5.26 Å². The first-order valence-electron chi connectivity index (χ1n) is 4.79. The number of hydrogen-bond acceptors (Lipinski definition) is 4. The maximum absolute atomic E-state index is 8.41. The molecule has 0 spiro atoms. The van der Waals surface area contributed by atoms with E-state index in [9.17, 15) is 0 Å². The van der Waals surface area contributed by atoms with Gasteiger partial charge in [0.25, 0.3) is 0 Å². The Morgan fingerprint density at radius 1 is 1.38 bits per heavy atom. The van der Waals surface area contributed by atoms with Gasteiger partial charge in [-0.3, -0.25) is 5.32 Å². The van der Waals surface area contributed by atoms with Crippen molar-refractivity contribution in [3.8, 4) is 6.19 Å². The van der Waals surface area contributed by atoms with Crippen molar-refractivity contribution < 1.29 is 0 Å². The first-order valence-corrected chi connectivity index (χ1v) is 5.58. The van der Waals surface area contributed by atoms with Crippen molar-refractivity contribution in [2.45, 2.75) is 5.92 Å². The Kier molecular flexibility index (Phi) is 3.32. The molecule has 1 aliphatic heterocycles. The monoisotopic (exact) mass is 276 g/mol. The van der Waals surface area contributed by atoms with Gasteiger partial charge in [-0.1, -0.05) is 28.1 Å². The molecule has 0 bridgehead atoms. The van der Waals surface area contributed by atoms with Gasteiger partial charge < -0.3 is 0 Å². The van der Waals surface area contributed by atoms with E-state index in [4.69, 9.17) is 5.26 Å². The van der Waals surface area contributed by atoms with Crippen LogP contribution >= 0.6 is 15.9 Å². The van der Waals surface area contributed by atoms with Crippen molar-refractivity contribution in [3.05, 3.63) is 34.3 Å². The van der Waals surface area contributed by atoms with Crippen LogP contribution in [0.5, 0.6) is 0 Å². The lowest BCUT2D eigenvalue weighted by Gasteiger charge is -2.14. The van der Waals surface area contributed by atoms with Crippen LogP contribution in [0.4, 0.5) is 0 Å². The van der Waals surface area contributed by atoms with Crippen molar-refractivity contribution in [1.29, 1.82) is 5.26 Å². The molecular formula is C11H9BrN4. The summed E-state index contributed by atoms with van der Waals surface area (Å²) in [5.41, 5.74) is 1.17. The van der Waals surface area contributed by atoms with Gasteiger partial charge in [-0.15, -0.1) is 0 Å². The number of benzene rings is 1. The topological polar surface area (TPSA) is 60.5 Å². The maximum atomic E-state index is 8.41. The maximum Gasteiger partial charge on any atom is 0.231 e. The van der Waals surface area contributed by atoms with Gasteiger partial charge in [-0.25, -0.2) is 9.98 Å². The number of nitrogens with zero attached hydrogens (tertiary/aromatic N) is 3. The van der Waals surface area contributed by atoms with Crippen LogP contribution in [0.15, 0.2) is 38.7 Å². The fourth-order valence-electron chi connectivity index (χ4n) is 1.46. The van der Waals surface area contributed by atoms with Crippen LogP contribution in [0, 0.1) is 11.5 Å². The molecule has 1 aromatic carbocycles. The van der Waals surface area contributed by atoms with Gasteiger partial charge in [0.15, 0.2) is 6.19 Å². The van der Waals surface area contributed by atoms with Gasteiger partial charge in [0.2, 0.25) is 5.96 Å². The molecule has 0 saturated heterocycles. The number of nitrogens with one attached hydrogen (secondary N) is 1. The SMILES string of the molecule is N#CNC1=NCC(c2ccc(Br)cc2)C=N1. The second-order valence-electron chi connectivity index (χ2n) is 3.34. The lowest BCUT2D eigenvalue weighted by Crippen LogP contribution is -2.22. The Labute approximate surface area is 102 Å². The zero-order valence-corrected chi connectivity index (χ0v) is 9.98. The number of aliphatic imine (C=N–C) groups is 2. The van der Waals surface area contributed by atoms with Crippen molar-refractivity contribution in [2.75, 3.05) is 6.54 Å². The van der Waals surface area contributed by atoms with Crippen LogP contribution in [0.3, 0.4) is 0 Å². The summed E-state index contributed by atoms with van der Waals surface area (Å²) in [6.45, 7) is 0.620. The smallest absolute Gasteiger partial charge is 0.231 e. The van der Waals surface area contributed by atoms with Crippen LogP contribution in [-0.4, -0.2) is 18.7 Å². The average Bonchev–Trinajstić information content (AvgIpc) is 2.32. The predicted octanol–water partition coefficient (Wildman–Crippen LogP) is 2.04. The van der Waals surface area contributed by atoms with Crippen molar-refractivity contribution in [1.82, 2.24) is 5.32 Å². The summed E-state index contributed by atoms with van der Waals surface area (Å²) in [5, 5.41) is 10.8. The zero-order valence-electron chi connectivity index (χ0n) is 8.39. The highest BCUT2D eigenvalue weighted by atomic mass is 79.9. The minimum Gasteiger partial charge on any atom is -0.261 e. The van der Waals surface area contributed by atoms with Crippen molar-refractivity contribution in [3.63, 3.8) is 0 Å². The molecule has 1 unspecified atom stereocenters. The van der Waals surface area contributed by atoms with Crippen molar-refractivity contribution in [2.24, 2.45) is 9.98 Å². The Morgan fingerprint density at radius 2 is 2.12 bits per heavy atom.